The summed E-state index contributed by atoms with van der Waals surface area (Å²) in [4.78, 5) is 24.1. The normalized spacial score (nSPS) is 11.4. The molecule has 8 nitrogen and oxygen atoms in total. The van der Waals surface area contributed by atoms with Crippen LogP contribution in [-0.4, -0.2) is 44.2 Å². The van der Waals surface area contributed by atoms with E-state index < -0.39 is 15.9 Å². The van der Waals surface area contributed by atoms with Crippen molar-refractivity contribution in [3.8, 4) is 0 Å². The number of amides is 2. The van der Waals surface area contributed by atoms with Gasteiger partial charge in [-0.15, -0.1) is 0 Å². The molecule has 0 unspecified atom stereocenters. The van der Waals surface area contributed by atoms with Crippen LogP contribution in [0.15, 0.2) is 52.0 Å². The summed E-state index contributed by atoms with van der Waals surface area (Å²) in [6, 6.07) is 9.19. The fourth-order valence-corrected chi connectivity index (χ4v) is 3.94. The zero-order chi connectivity index (χ0) is 19.9. The van der Waals surface area contributed by atoms with Crippen LogP contribution in [0.1, 0.15) is 30.0 Å². The molecule has 27 heavy (non-hydrogen) atoms. The molecule has 0 spiro atoms. The van der Waals surface area contributed by atoms with Gasteiger partial charge in [0.1, 0.15) is 5.76 Å². The van der Waals surface area contributed by atoms with Crippen molar-refractivity contribution >= 4 is 21.8 Å². The summed E-state index contributed by atoms with van der Waals surface area (Å²) in [5, 5.41) is 5.08. The average Bonchev–Trinajstić information content (AvgIpc) is 3.19. The molecule has 0 fully saturated rings. The number of hydrogen-bond acceptors (Lipinski definition) is 5. The third-order valence-corrected chi connectivity index (χ3v) is 5.93. The molecule has 0 aliphatic carbocycles. The van der Waals surface area contributed by atoms with Crippen LogP contribution in [0.3, 0.4) is 0 Å². The van der Waals surface area contributed by atoms with E-state index in [0.29, 0.717) is 18.8 Å². The smallest absolute Gasteiger partial charge is 0.251 e. The summed E-state index contributed by atoms with van der Waals surface area (Å²) < 4.78 is 31.5. The molecular weight excluding hydrogens is 370 g/mol. The molecule has 2 amide bonds. The molecule has 0 saturated carbocycles. The van der Waals surface area contributed by atoms with Crippen LogP contribution in [0, 0.1) is 0 Å². The van der Waals surface area contributed by atoms with Gasteiger partial charge in [0.25, 0.3) is 5.91 Å². The third-order valence-electron chi connectivity index (χ3n) is 3.89. The quantitative estimate of drug-likeness (QED) is 0.669. The highest BCUT2D eigenvalue weighted by atomic mass is 32.2. The Labute approximate surface area is 158 Å². The van der Waals surface area contributed by atoms with Gasteiger partial charge >= 0.3 is 0 Å². The minimum atomic E-state index is -3.66. The number of hydrogen-bond donors (Lipinski definition) is 2. The largest absolute Gasteiger partial charge is 0.467 e. The Morgan fingerprint density at radius 1 is 1.07 bits per heavy atom. The molecule has 0 aliphatic heterocycles. The van der Waals surface area contributed by atoms with Gasteiger partial charge in [-0.2, -0.15) is 4.31 Å². The standard InChI is InChI=1S/C18H23N3O5S/c1-3-21(4-2)27(24,25)16-9-5-7-14(11-16)18(23)20-13-17(22)19-12-15-8-6-10-26-15/h5-11H,3-4,12-13H2,1-2H3,(H,19,22)(H,20,23). The van der Waals surface area contributed by atoms with Gasteiger partial charge in [0.2, 0.25) is 15.9 Å². The van der Waals surface area contributed by atoms with Crippen LogP contribution in [0.2, 0.25) is 0 Å². The SMILES string of the molecule is CCN(CC)S(=O)(=O)c1cccc(C(=O)NCC(=O)NCc2ccco2)c1. The Kier molecular flexibility index (Phi) is 7.14. The lowest BCUT2D eigenvalue weighted by molar-refractivity contribution is -0.120. The zero-order valence-electron chi connectivity index (χ0n) is 15.3. The molecule has 0 aliphatic rings. The fourth-order valence-electron chi connectivity index (χ4n) is 2.43. The first-order chi connectivity index (χ1) is 12.9. The minimum absolute atomic E-state index is 0.0427. The fraction of sp³-hybridized carbons (Fsp3) is 0.333. The van der Waals surface area contributed by atoms with E-state index >= 15 is 0 Å². The van der Waals surface area contributed by atoms with Gasteiger partial charge in [0.15, 0.2) is 0 Å². The number of benzene rings is 1. The molecule has 146 valence electrons. The first-order valence-electron chi connectivity index (χ1n) is 8.56. The van der Waals surface area contributed by atoms with E-state index in [-0.39, 0.29) is 29.5 Å². The Balaban J connectivity index is 1.97. The van der Waals surface area contributed by atoms with Crippen LogP contribution in [-0.2, 0) is 21.4 Å². The first-order valence-corrected chi connectivity index (χ1v) is 10.00. The van der Waals surface area contributed by atoms with E-state index in [1.165, 1.54) is 34.8 Å². The van der Waals surface area contributed by atoms with Crippen molar-refractivity contribution in [1.29, 1.82) is 0 Å². The molecule has 1 heterocycles. The summed E-state index contributed by atoms with van der Waals surface area (Å²) >= 11 is 0. The number of sulfonamides is 1. The van der Waals surface area contributed by atoms with Gasteiger partial charge in [0.05, 0.1) is 24.2 Å². The minimum Gasteiger partial charge on any atom is -0.467 e. The lowest BCUT2D eigenvalue weighted by atomic mass is 10.2. The lowest BCUT2D eigenvalue weighted by Gasteiger charge is -2.18. The Hall–Kier alpha value is -2.65. The van der Waals surface area contributed by atoms with Gasteiger partial charge < -0.3 is 15.1 Å². The molecule has 2 N–H and O–H groups in total. The highest BCUT2D eigenvalue weighted by Gasteiger charge is 2.22. The molecule has 0 bridgehead atoms. The van der Waals surface area contributed by atoms with E-state index in [9.17, 15) is 18.0 Å². The molecule has 1 aromatic heterocycles. The highest BCUT2D eigenvalue weighted by Crippen LogP contribution is 2.16. The molecule has 1 aromatic carbocycles. The lowest BCUT2D eigenvalue weighted by Crippen LogP contribution is -2.36. The topological polar surface area (TPSA) is 109 Å². The van der Waals surface area contributed by atoms with Crippen molar-refractivity contribution in [3.05, 3.63) is 54.0 Å². The Morgan fingerprint density at radius 3 is 2.44 bits per heavy atom. The zero-order valence-corrected chi connectivity index (χ0v) is 16.1. The van der Waals surface area contributed by atoms with Crippen molar-refractivity contribution in [1.82, 2.24) is 14.9 Å². The van der Waals surface area contributed by atoms with E-state index in [1.807, 2.05) is 0 Å². The van der Waals surface area contributed by atoms with Crippen molar-refractivity contribution < 1.29 is 22.4 Å². The molecular formula is C18H23N3O5S. The predicted octanol–water partition coefficient (Wildman–Crippen LogP) is 1.36. The van der Waals surface area contributed by atoms with E-state index in [1.54, 1.807) is 26.0 Å². The summed E-state index contributed by atoms with van der Waals surface area (Å²) in [7, 11) is -3.66. The third kappa shape index (κ3) is 5.41. The summed E-state index contributed by atoms with van der Waals surface area (Å²) in [6.45, 7) is 4.17. The molecule has 2 rings (SSSR count). The maximum absolute atomic E-state index is 12.6. The van der Waals surface area contributed by atoms with Crippen molar-refractivity contribution in [3.63, 3.8) is 0 Å². The van der Waals surface area contributed by atoms with Crippen LogP contribution >= 0.6 is 0 Å². The number of carbonyl (C=O) groups excluding carboxylic acids is 2. The van der Waals surface area contributed by atoms with Crippen LogP contribution in [0.4, 0.5) is 0 Å². The maximum atomic E-state index is 12.6. The predicted molar refractivity (Wildman–Crippen MR) is 99.4 cm³/mol. The molecule has 0 saturated heterocycles. The monoisotopic (exact) mass is 393 g/mol. The van der Waals surface area contributed by atoms with E-state index in [2.05, 4.69) is 10.6 Å². The van der Waals surface area contributed by atoms with Gasteiger partial charge in [-0.3, -0.25) is 9.59 Å². The Bertz CT molecular complexity index is 874. The second-order valence-electron chi connectivity index (χ2n) is 5.66. The van der Waals surface area contributed by atoms with Gasteiger partial charge in [-0.05, 0) is 30.3 Å². The summed E-state index contributed by atoms with van der Waals surface area (Å²) in [6.07, 6.45) is 1.50. The van der Waals surface area contributed by atoms with Gasteiger partial charge in [-0.25, -0.2) is 8.42 Å². The average molecular weight is 393 g/mol. The first kappa shape index (κ1) is 20.7. The number of furan rings is 1. The number of rotatable bonds is 9. The highest BCUT2D eigenvalue weighted by molar-refractivity contribution is 7.89. The van der Waals surface area contributed by atoms with Gasteiger partial charge in [-0.1, -0.05) is 19.9 Å². The number of nitrogens with one attached hydrogen (secondary N) is 2. The second-order valence-corrected chi connectivity index (χ2v) is 7.59. The Morgan fingerprint density at radius 2 is 1.81 bits per heavy atom. The number of nitrogens with zero attached hydrogens (tertiary/aromatic N) is 1. The van der Waals surface area contributed by atoms with Crippen molar-refractivity contribution in [2.24, 2.45) is 0 Å². The molecule has 0 atom stereocenters. The molecule has 2 aromatic rings. The van der Waals surface area contributed by atoms with Crippen molar-refractivity contribution in [2.45, 2.75) is 25.3 Å². The van der Waals surface area contributed by atoms with E-state index in [0.717, 1.165) is 0 Å². The van der Waals surface area contributed by atoms with Crippen molar-refractivity contribution in [2.75, 3.05) is 19.6 Å². The maximum Gasteiger partial charge on any atom is 0.251 e. The number of carbonyl (C=O) groups is 2. The molecule has 0 radical (unpaired) electrons. The van der Waals surface area contributed by atoms with E-state index in [4.69, 9.17) is 4.42 Å². The van der Waals surface area contributed by atoms with Crippen LogP contribution < -0.4 is 10.6 Å². The summed E-state index contributed by atoms with van der Waals surface area (Å²) in [5.41, 5.74) is 0.169. The molecule has 9 heteroatoms. The summed E-state index contributed by atoms with van der Waals surface area (Å²) in [5.74, 6) is -0.310. The van der Waals surface area contributed by atoms with Crippen LogP contribution in [0.5, 0.6) is 0 Å². The van der Waals surface area contributed by atoms with Crippen LogP contribution in [0.25, 0.3) is 0 Å². The second kappa shape index (κ2) is 9.33. The van der Waals surface area contributed by atoms with Gasteiger partial charge in [0, 0.05) is 18.7 Å².